The van der Waals surface area contributed by atoms with Crippen molar-refractivity contribution >= 4 is 5.57 Å². The van der Waals surface area contributed by atoms with Crippen molar-refractivity contribution < 1.29 is 5.11 Å². The van der Waals surface area contributed by atoms with Gasteiger partial charge in [0.1, 0.15) is 5.75 Å². The first kappa shape index (κ1) is 5.54. The summed E-state index contributed by atoms with van der Waals surface area (Å²) in [5.41, 5.74) is 2.25. The van der Waals surface area contributed by atoms with Gasteiger partial charge in [0.2, 0.25) is 0 Å². The summed E-state index contributed by atoms with van der Waals surface area (Å²) in [7, 11) is 0. The van der Waals surface area contributed by atoms with Crippen molar-refractivity contribution in [3.05, 3.63) is 35.9 Å². The fourth-order valence-electron chi connectivity index (χ4n) is 1.02. The van der Waals surface area contributed by atoms with Crippen molar-refractivity contribution in [2.45, 2.75) is 6.42 Å². The zero-order valence-corrected chi connectivity index (χ0v) is 5.54. The molecule has 0 spiro atoms. The Balaban J connectivity index is 2.49. The Morgan fingerprint density at radius 3 is 2.50 bits per heavy atom. The van der Waals surface area contributed by atoms with Crippen LogP contribution in [0.25, 0.3) is 5.57 Å². The summed E-state index contributed by atoms with van der Waals surface area (Å²) in [6.07, 6.45) is 3.15. The molecule has 0 radical (unpaired) electrons. The topological polar surface area (TPSA) is 20.2 Å². The second-order valence-electron chi connectivity index (χ2n) is 2.45. The van der Waals surface area contributed by atoms with Gasteiger partial charge >= 0.3 is 0 Å². The molecule has 2 rings (SSSR count). The number of para-hydroxylation sites is 1. The van der Waals surface area contributed by atoms with Gasteiger partial charge in [-0.05, 0) is 18.1 Å². The molecule has 1 nitrogen and oxygen atoms in total. The molecule has 0 atom stereocenters. The van der Waals surface area contributed by atoms with Crippen LogP contribution in [0.1, 0.15) is 12.0 Å². The van der Waals surface area contributed by atoms with Crippen LogP contribution in [0.3, 0.4) is 0 Å². The highest BCUT2D eigenvalue weighted by Gasteiger charge is 2.12. The smallest absolute Gasteiger partial charge is 0.123 e. The summed E-state index contributed by atoms with van der Waals surface area (Å²) in [4.78, 5) is 0. The second-order valence-corrected chi connectivity index (χ2v) is 2.45. The highest BCUT2D eigenvalue weighted by molar-refractivity contribution is 5.80. The van der Waals surface area contributed by atoms with E-state index < -0.39 is 0 Å². The molecule has 0 bridgehead atoms. The van der Waals surface area contributed by atoms with Crippen LogP contribution >= 0.6 is 0 Å². The Morgan fingerprint density at radius 1 is 1.20 bits per heavy atom. The van der Waals surface area contributed by atoms with Gasteiger partial charge in [0.25, 0.3) is 0 Å². The Bertz CT molecular complexity index is 287. The third-order valence-corrected chi connectivity index (χ3v) is 1.66. The first-order valence-corrected chi connectivity index (χ1v) is 3.35. The number of phenolic OH excluding ortho intramolecular Hbond substituents is 1. The summed E-state index contributed by atoms with van der Waals surface area (Å²) in [6, 6.07) is 7.43. The van der Waals surface area contributed by atoms with Crippen molar-refractivity contribution in [3.8, 4) is 5.75 Å². The number of rotatable bonds is 1. The Morgan fingerprint density at radius 2 is 1.90 bits per heavy atom. The van der Waals surface area contributed by atoms with Crippen LogP contribution in [0.2, 0.25) is 0 Å². The zero-order valence-electron chi connectivity index (χ0n) is 5.54. The van der Waals surface area contributed by atoms with Crippen LogP contribution in [0, 0.1) is 0 Å². The Labute approximate surface area is 59.6 Å². The second kappa shape index (κ2) is 1.87. The van der Waals surface area contributed by atoms with Crippen LogP contribution in [-0.4, -0.2) is 5.11 Å². The van der Waals surface area contributed by atoms with Gasteiger partial charge in [-0.15, -0.1) is 0 Å². The van der Waals surface area contributed by atoms with E-state index in [1.807, 2.05) is 18.2 Å². The van der Waals surface area contributed by atoms with Crippen molar-refractivity contribution in [2.24, 2.45) is 0 Å². The van der Waals surface area contributed by atoms with Gasteiger partial charge in [-0.1, -0.05) is 24.3 Å². The molecule has 0 aliphatic heterocycles. The normalized spacial score (nSPS) is 14.6. The van der Waals surface area contributed by atoms with E-state index >= 15 is 0 Å². The lowest BCUT2D eigenvalue weighted by molar-refractivity contribution is 0.474. The number of allylic oxidation sites excluding steroid dienone is 2. The van der Waals surface area contributed by atoms with E-state index in [0.717, 1.165) is 12.0 Å². The monoisotopic (exact) mass is 132 g/mol. The van der Waals surface area contributed by atoms with E-state index in [9.17, 15) is 5.11 Å². The minimum Gasteiger partial charge on any atom is -0.507 e. The predicted octanol–water partition coefficient (Wildman–Crippen LogP) is 2.18. The average Bonchev–Trinajstić information content (AvgIpc) is 2.71. The maximum Gasteiger partial charge on any atom is 0.123 e. The molecule has 1 N–H and O–H groups in total. The molecule has 1 aliphatic rings. The lowest BCUT2D eigenvalue weighted by Gasteiger charge is -1.96. The molecule has 10 heavy (non-hydrogen) atoms. The molecular weight excluding hydrogens is 124 g/mol. The largest absolute Gasteiger partial charge is 0.507 e. The van der Waals surface area contributed by atoms with Crippen LogP contribution in [0.5, 0.6) is 5.75 Å². The first-order valence-electron chi connectivity index (χ1n) is 3.35. The molecule has 0 amide bonds. The Hall–Kier alpha value is -1.24. The van der Waals surface area contributed by atoms with E-state index in [1.165, 1.54) is 5.57 Å². The molecule has 50 valence electrons. The number of hydrogen-bond donors (Lipinski definition) is 1. The van der Waals surface area contributed by atoms with E-state index in [2.05, 4.69) is 6.08 Å². The molecule has 1 heteroatoms. The lowest BCUT2D eigenvalue weighted by Crippen LogP contribution is -1.72. The van der Waals surface area contributed by atoms with E-state index in [1.54, 1.807) is 6.07 Å². The fraction of sp³-hybridized carbons (Fsp3) is 0.111. The number of aromatic hydroxyl groups is 1. The van der Waals surface area contributed by atoms with Gasteiger partial charge in [0, 0.05) is 5.56 Å². The quantitative estimate of drug-likeness (QED) is 0.621. The standard InChI is InChI=1S/C9H8O/c10-9-4-2-1-3-8(9)7-5-6-7/h1-5,10H,6H2. The first-order chi connectivity index (χ1) is 4.88. The molecule has 1 aromatic rings. The maximum absolute atomic E-state index is 9.28. The van der Waals surface area contributed by atoms with E-state index in [0.29, 0.717) is 5.75 Å². The van der Waals surface area contributed by atoms with Gasteiger partial charge in [-0.2, -0.15) is 0 Å². The van der Waals surface area contributed by atoms with Gasteiger partial charge in [0.15, 0.2) is 0 Å². The molecule has 0 aromatic heterocycles. The van der Waals surface area contributed by atoms with Gasteiger partial charge < -0.3 is 5.11 Å². The van der Waals surface area contributed by atoms with Crippen molar-refractivity contribution in [1.82, 2.24) is 0 Å². The predicted molar refractivity (Wildman–Crippen MR) is 40.7 cm³/mol. The molecular formula is C9H8O. The fourth-order valence-corrected chi connectivity index (χ4v) is 1.02. The lowest BCUT2D eigenvalue weighted by atomic mass is 10.1. The van der Waals surface area contributed by atoms with Crippen LogP contribution in [0.15, 0.2) is 30.3 Å². The Kier molecular flexibility index (Phi) is 1.04. The molecule has 0 fully saturated rings. The van der Waals surface area contributed by atoms with Crippen LogP contribution < -0.4 is 0 Å². The van der Waals surface area contributed by atoms with Crippen molar-refractivity contribution in [1.29, 1.82) is 0 Å². The van der Waals surface area contributed by atoms with Gasteiger partial charge in [0.05, 0.1) is 0 Å². The van der Waals surface area contributed by atoms with Gasteiger partial charge in [-0.25, -0.2) is 0 Å². The summed E-state index contributed by atoms with van der Waals surface area (Å²) >= 11 is 0. The van der Waals surface area contributed by atoms with E-state index in [-0.39, 0.29) is 0 Å². The zero-order chi connectivity index (χ0) is 6.97. The molecule has 1 aromatic carbocycles. The maximum atomic E-state index is 9.28. The molecule has 0 heterocycles. The number of phenols is 1. The van der Waals surface area contributed by atoms with Crippen LogP contribution in [-0.2, 0) is 0 Å². The van der Waals surface area contributed by atoms with E-state index in [4.69, 9.17) is 0 Å². The SMILES string of the molecule is Oc1ccccc1C1=CC1. The third-order valence-electron chi connectivity index (χ3n) is 1.66. The summed E-state index contributed by atoms with van der Waals surface area (Å²) in [5.74, 6) is 0.395. The highest BCUT2D eigenvalue weighted by atomic mass is 16.3. The third kappa shape index (κ3) is 0.798. The van der Waals surface area contributed by atoms with Gasteiger partial charge in [-0.3, -0.25) is 0 Å². The molecule has 0 saturated heterocycles. The number of hydrogen-bond acceptors (Lipinski definition) is 1. The minimum absolute atomic E-state index is 0.395. The molecule has 0 saturated carbocycles. The average molecular weight is 132 g/mol. The summed E-state index contributed by atoms with van der Waals surface area (Å²) < 4.78 is 0. The minimum atomic E-state index is 0.395. The van der Waals surface area contributed by atoms with Crippen molar-refractivity contribution in [2.75, 3.05) is 0 Å². The summed E-state index contributed by atoms with van der Waals surface area (Å²) in [5, 5.41) is 9.28. The number of benzene rings is 1. The van der Waals surface area contributed by atoms with Crippen molar-refractivity contribution in [3.63, 3.8) is 0 Å². The summed E-state index contributed by atoms with van der Waals surface area (Å²) in [6.45, 7) is 0. The van der Waals surface area contributed by atoms with Crippen LogP contribution in [0.4, 0.5) is 0 Å². The molecule has 1 aliphatic carbocycles. The molecule has 0 unspecified atom stereocenters. The highest BCUT2D eigenvalue weighted by Crippen LogP contribution is 2.35.